The maximum atomic E-state index is 12.9. The molecule has 0 spiro atoms. The minimum absolute atomic E-state index is 0.0151. The van der Waals surface area contributed by atoms with Gasteiger partial charge in [0.25, 0.3) is 5.91 Å². The van der Waals surface area contributed by atoms with Crippen molar-refractivity contribution in [1.82, 2.24) is 8.87 Å². The van der Waals surface area contributed by atoms with E-state index < -0.39 is 27.8 Å². The summed E-state index contributed by atoms with van der Waals surface area (Å²) >= 11 is 0. The molecular weight excluding hydrogens is 424 g/mol. The van der Waals surface area contributed by atoms with Gasteiger partial charge in [-0.2, -0.15) is 4.31 Å². The summed E-state index contributed by atoms with van der Waals surface area (Å²) in [6.45, 7) is 0.305. The van der Waals surface area contributed by atoms with Crippen molar-refractivity contribution in [3.63, 3.8) is 0 Å². The monoisotopic (exact) mass is 448 g/mol. The Kier molecular flexibility index (Phi) is 6.46. The van der Waals surface area contributed by atoms with Gasteiger partial charge in [0.2, 0.25) is 15.9 Å². The zero-order chi connectivity index (χ0) is 22.8. The SMILES string of the molecule is COC(=O)c1ccccc1NC(=O)C1CCN(S(=O)(=O)c2cc(C(N)=O)n(C)c2)CC1. The van der Waals surface area contributed by atoms with Crippen LogP contribution in [0.15, 0.2) is 41.4 Å². The highest BCUT2D eigenvalue weighted by molar-refractivity contribution is 7.89. The molecule has 11 heteroatoms. The van der Waals surface area contributed by atoms with Gasteiger partial charge in [0.15, 0.2) is 0 Å². The largest absolute Gasteiger partial charge is 0.465 e. The van der Waals surface area contributed by atoms with E-state index in [4.69, 9.17) is 10.5 Å². The number of nitrogens with one attached hydrogen (secondary N) is 1. The maximum absolute atomic E-state index is 12.9. The number of aryl methyl sites for hydroxylation is 1. The molecule has 0 unspecified atom stereocenters. The van der Waals surface area contributed by atoms with Gasteiger partial charge in [-0.1, -0.05) is 12.1 Å². The molecule has 3 rings (SSSR count). The Morgan fingerprint density at radius 1 is 1.16 bits per heavy atom. The molecule has 1 aromatic carbocycles. The minimum Gasteiger partial charge on any atom is -0.465 e. The first-order chi connectivity index (χ1) is 14.6. The number of amides is 2. The van der Waals surface area contributed by atoms with E-state index in [0.717, 1.165) is 0 Å². The summed E-state index contributed by atoms with van der Waals surface area (Å²) in [5.41, 5.74) is 5.94. The van der Waals surface area contributed by atoms with E-state index in [1.54, 1.807) is 31.3 Å². The smallest absolute Gasteiger partial charge is 0.339 e. The van der Waals surface area contributed by atoms with Crippen LogP contribution in [-0.4, -0.2) is 55.3 Å². The third-order valence-corrected chi connectivity index (χ3v) is 7.15. The second-order valence-corrected chi connectivity index (χ2v) is 9.18. The Labute approximate surface area is 180 Å². The second kappa shape index (κ2) is 8.90. The van der Waals surface area contributed by atoms with Crippen LogP contribution in [0.2, 0.25) is 0 Å². The van der Waals surface area contributed by atoms with Gasteiger partial charge in [0.05, 0.1) is 18.4 Å². The Morgan fingerprint density at radius 2 is 1.81 bits per heavy atom. The lowest BCUT2D eigenvalue weighted by atomic mass is 9.97. The van der Waals surface area contributed by atoms with E-state index in [1.165, 1.54) is 28.2 Å². The number of benzene rings is 1. The van der Waals surface area contributed by atoms with Crippen LogP contribution in [0.4, 0.5) is 5.69 Å². The molecule has 2 heterocycles. The van der Waals surface area contributed by atoms with Gasteiger partial charge >= 0.3 is 5.97 Å². The molecule has 10 nitrogen and oxygen atoms in total. The molecule has 1 saturated heterocycles. The normalized spacial score (nSPS) is 15.4. The van der Waals surface area contributed by atoms with Crippen LogP contribution in [0.25, 0.3) is 0 Å². The van der Waals surface area contributed by atoms with Crippen LogP contribution >= 0.6 is 0 Å². The molecule has 0 saturated carbocycles. The number of ether oxygens (including phenoxy) is 1. The van der Waals surface area contributed by atoms with E-state index in [0.29, 0.717) is 18.5 Å². The number of hydrogen-bond donors (Lipinski definition) is 2. The Morgan fingerprint density at radius 3 is 2.39 bits per heavy atom. The van der Waals surface area contributed by atoms with Gasteiger partial charge in [0, 0.05) is 32.3 Å². The van der Waals surface area contributed by atoms with Crippen LogP contribution in [0.3, 0.4) is 0 Å². The highest BCUT2D eigenvalue weighted by atomic mass is 32.2. The number of methoxy groups -OCH3 is 1. The topological polar surface area (TPSA) is 141 Å². The molecule has 1 aliphatic heterocycles. The van der Waals surface area contributed by atoms with E-state index in [1.807, 2.05) is 0 Å². The maximum Gasteiger partial charge on any atom is 0.339 e. The summed E-state index contributed by atoms with van der Waals surface area (Å²) in [7, 11) is -1.01. The fraction of sp³-hybridized carbons (Fsp3) is 0.350. The lowest BCUT2D eigenvalue weighted by molar-refractivity contribution is -0.120. The summed E-state index contributed by atoms with van der Waals surface area (Å²) in [6.07, 6.45) is 1.99. The molecule has 0 atom stereocenters. The average Bonchev–Trinajstić information content (AvgIpc) is 3.16. The summed E-state index contributed by atoms with van der Waals surface area (Å²) in [6, 6.07) is 7.77. The van der Waals surface area contributed by atoms with Crippen molar-refractivity contribution in [2.45, 2.75) is 17.7 Å². The Balaban J connectivity index is 1.67. The molecule has 1 aromatic heterocycles. The van der Waals surface area contributed by atoms with Gasteiger partial charge < -0.3 is 20.4 Å². The first kappa shape index (κ1) is 22.5. The first-order valence-corrected chi connectivity index (χ1v) is 11.0. The molecule has 166 valence electrons. The van der Waals surface area contributed by atoms with Gasteiger partial charge in [-0.05, 0) is 31.0 Å². The third-order valence-electron chi connectivity index (χ3n) is 5.29. The van der Waals surface area contributed by atoms with Crippen LogP contribution < -0.4 is 11.1 Å². The van der Waals surface area contributed by atoms with Crippen molar-refractivity contribution < 1.29 is 27.5 Å². The average molecular weight is 449 g/mol. The van der Waals surface area contributed by atoms with Crippen LogP contribution in [0.1, 0.15) is 33.7 Å². The fourth-order valence-electron chi connectivity index (χ4n) is 3.54. The number of piperidine rings is 1. The van der Waals surface area contributed by atoms with Crippen molar-refractivity contribution in [2.75, 3.05) is 25.5 Å². The lowest BCUT2D eigenvalue weighted by Crippen LogP contribution is -2.41. The predicted octanol–water partition coefficient (Wildman–Crippen LogP) is 0.950. The van der Waals surface area contributed by atoms with E-state index >= 15 is 0 Å². The summed E-state index contributed by atoms with van der Waals surface area (Å²) in [4.78, 5) is 36.0. The Hall–Kier alpha value is -3.18. The number of hydrogen-bond acceptors (Lipinski definition) is 6. The minimum atomic E-state index is -3.81. The molecule has 2 amide bonds. The number of anilines is 1. The molecule has 0 aliphatic carbocycles. The summed E-state index contributed by atoms with van der Waals surface area (Å²) in [5.74, 6) is -1.97. The molecule has 0 bridgehead atoms. The van der Waals surface area contributed by atoms with Crippen LogP contribution in [-0.2, 0) is 26.6 Å². The predicted molar refractivity (Wildman–Crippen MR) is 112 cm³/mol. The molecular formula is C20H24N4O6S. The number of rotatable bonds is 6. The number of nitrogens with zero attached hydrogens (tertiary/aromatic N) is 2. The van der Waals surface area contributed by atoms with E-state index in [-0.39, 0.29) is 35.1 Å². The summed E-state index contributed by atoms with van der Waals surface area (Å²) < 4.78 is 33.2. The second-order valence-electron chi connectivity index (χ2n) is 7.24. The van der Waals surface area contributed by atoms with Crippen molar-refractivity contribution in [1.29, 1.82) is 0 Å². The number of carbonyl (C=O) groups is 3. The van der Waals surface area contributed by atoms with Crippen molar-refractivity contribution in [2.24, 2.45) is 18.7 Å². The van der Waals surface area contributed by atoms with E-state index in [2.05, 4.69) is 5.32 Å². The number of aromatic nitrogens is 1. The Bertz CT molecular complexity index is 1120. The van der Waals surface area contributed by atoms with E-state index in [9.17, 15) is 22.8 Å². The molecule has 1 aliphatic rings. The zero-order valence-corrected chi connectivity index (χ0v) is 18.0. The lowest BCUT2D eigenvalue weighted by Gasteiger charge is -2.30. The number of primary amides is 1. The van der Waals surface area contributed by atoms with Crippen LogP contribution in [0.5, 0.6) is 0 Å². The van der Waals surface area contributed by atoms with Crippen LogP contribution in [0, 0.1) is 5.92 Å². The van der Waals surface area contributed by atoms with Crippen molar-refractivity contribution in [3.8, 4) is 0 Å². The number of esters is 1. The number of nitrogens with two attached hydrogens (primary N) is 1. The summed E-state index contributed by atoms with van der Waals surface area (Å²) in [5, 5.41) is 2.74. The highest BCUT2D eigenvalue weighted by Gasteiger charge is 2.33. The quantitative estimate of drug-likeness (QED) is 0.631. The molecule has 2 aromatic rings. The van der Waals surface area contributed by atoms with Crippen molar-refractivity contribution >= 4 is 33.5 Å². The fourth-order valence-corrected chi connectivity index (χ4v) is 5.08. The highest BCUT2D eigenvalue weighted by Crippen LogP contribution is 2.26. The molecule has 1 fully saturated rings. The zero-order valence-electron chi connectivity index (χ0n) is 17.2. The molecule has 0 radical (unpaired) electrons. The van der Waals surface area contributed by atoms with Gasteiger partial charge in [-0.25, -0.2) is 13.2 Å². The number of para-hydroxylation sites is 1. The molecule has 31 heavy (non-hydrogen) atoms. The van der Waals surface area contributed by atoms with Crippen molar-refractivity contribution in [3.05, 3.63) is 47.8 Å². The number of sulfonamides is 1. The molecule has 3 N–H and O–H groups in total. The number of carbonyl (C=O) groups excluding carboxylic acids is 3. The third kappa shape index (κ3) is 4.62. The van der Waals surface area contributed by atoms with Gasteiger partial charge in [-0.15, -0.1) is 0 Å². The first-order valence-electron chi connectivity index (χ1n) is 9.59. The van der Waals surface area contributed by atoms with Gasteiger partial charge in [-0.3, -0.25) is 9.59 Å². The standard InChI is InChI=1S/C20H24N4O6S/c1-23-12-14(11-17(23)18(21)25)31(28,29)24-9-7-13(8-10-24)19(26)22-16-6-4-3-5-15(16)20(27)30-2/h3-6,11-13H,7-10H2,1-2H3,(H2,21,25)(H,22,26). The van der Waals surface area contributed by atoms with Gasteiger partial charge in [0.1, 0.15) is 10.6 Å².